The van der Waals surface area contributed by atoms with E-state index in [2.05, 4.69) is 11.1 Å². The summed E-state index contributed by atoms with van der Waals surface area (Å²) >= 11 is 0. The van der Waals surface area contributed by atoms with Crippen LogP contribution in [0.25, 0.3) is 16.7 Å². The van der Waals surface area contributed by atoms with Gasteiger partial charge in [0.1, 0.15) is 34.3 Å². The van der Waals surface area contributed by atoms with Gasteiger partial charge in [0.15, 0.2) is 0 Å². The highest BCUT2D eigenvalue weighted by atomic mass is 19.1. The first kappa shape index (κ1) is 17.2. The zero-order valence-corrected chi connectivity index (χ0v) is 14.9. The first-order chi connectivity index (χ1) is 13.0. The van der Waals surface area contributed by atoms with Crippen LogP contribution in [-0.4, -0.2) is 33.2 Å². The van der Waals surface area contributed by atoms with E-state index in [0.717, 1.165) is 19.4 Å². The van der Waals surface area contributed by atoms with Crippen molar-refractivity contribution in [3.63, 3.8) is 0 Å². The van der Waals surface area contributed by atoms with Gasteiger partial charge in [0.2, 0.25) is 0 Å². The van der Waals surface area contributed by atoms with Crippen molar-refractivity contribution in [1.29, 1.82) is 5.26 Å². The molecule has 0 aliphatic carbocycles. The van der Waals surface area contributed by atoms with Crippen LogP contribution in [0.1, 0.15) is 18.4 Å². The minimum atomic E-state index is -0.372. The van der Waals surface area contributed by atoms with Gasteiger partial charge in [0, 0.05) is 31.9 Å². The van der Waals surface area contributed by atoms with Crippen molar-refractivity contribution >= 4 is 16.9 Å². The maximum atomic E-state index is 13.5. The van der Waals surface area contributed by atoms with E-state index in [1.165, 1.54) is 23.0 Å². The van der Waals surface area contributed by atoms with Crippen molar-refractivity contribution in [3.05, 3.63) is 52.3 Å². The van der Waals surface area contributed by atoms with Gasteiger partial charge in [-0.25, -0.2) is 9.37 Å². The number of aromatic nitrogens is 3. The number of aryl methyl sites for hydroxylation is 1. The molecule has 0 saturated carbocycles. The van der Waals surface area contributed by atoms with E-state index < -0.39 is 0 Å². The number of nitrogens with two attached hydrogens (primary N) is 1. The Hall–Kier alpha value is -3.18. The Bertz CT molecular complexity index is 1110. The van der Waals surface area contributed by atoms with Gasteiger partial charge in [-0.1, -0.05) is 0 Å². The summed E-state index contributed by atoms with van der Waals surface area (Å²) in [6.07, 6.45) is 3.21. The number of hydrogen-bond acceptors (Lipinski definition) is 5. The average molecular weight is 366 g/mol. The minimum Gasteiger partial charge on any atom is -0.355 e. The number of nitrogens with zero attached hydrogens (tertiary/aromatic N) is 5. The Balaban J connectivity index is 2.10. The number of benzene rings is 1. The summed E-state index contributed by atoms with van der Waals surface area (Å²) in [5.41, 5.74) is 7.46. The zero-order chi connectivity index (χ0) is 19.1. The van der Waals surface area contributed by atoms with E-state index in [4.69, 9.17) is 5.73 Å². The molecule has 1 saturated heterocycles. The molecule has 4 rings (SSSR count). The van der Waals surface area contributed by atoms with E-state index >= 15 is 0 Å². The second-order valence-corrected chi connectivity index (χ2v) is 6.83. The molecule has 1 fully saturated rings. The fourth-order valence-corrected chi connectivity index (χ4v) is 3.68. The number of rotatable bonds is 2. The number of anilines is 1. The lowest BCUT2D eigenvalue weighted by Crippen LogP contribution is -2.43. The summed E-state index contributed by atoms with van der Waals surface area (Å²) < 4.78 is 16.6. The summed E-state index contributed by atoms with van der Waals surface area (Å²) in [4.78, 5) is 19.3. The molecule has 7 nitrogen and oxygen atoms in total. The van der Waals surface area contributed by atoms with Gasteiger partial charge in [-0.2, -0.15) is 5.26 Å². The van der Waals surface area contributed by atoms with E-state index in [1.54, 1.807) is 23.7 Å². The van der Waals surface area contributed by atoms with E-state index in [-0.39, 0.29) is 17.4 Å². The summed E-state index contributed by atoms with van der Waals surface area (Å²) in [7, 11) is 1.61. The second kappa shape index (κ2) is 6.52. The molecule has 2 N–H and O–H groups in total. The van der Waals surface area contributed by atoms with Gasteiger partial charge < -0.3 is 15.2 Å². The van der Waals surface area contributed by atoms with Crippen molar-refractivity contribution in [1.82, 2.24) is 14.1 Å². The molecule has 0 bridgehead atoms. The molecule has 1 aliphatic heterocycles. The number of fused-ring (bicyclic) bond motifs is 1. The van der Waals surface area contributed by atoms with Crippen LogP contribution in [0, 0.1) is 17.1 Å². The molecule has 1 aliphatic rings. The molecule has 1 atom stereocenters. The third-order valence-electron chi connectivity index (χ3n) is 4.96. The first-order valence-electron chi connectivity index (χ1n) is 8.78. The largest absolute Gasteiger partial charge is 0.355 e. The number of nitriles is 1. The quantitative estimate of drug-likeness (QED) is 0.745. The third kappa shape index (κ3) is 2.76. The van der Waals surface area contributed by atoms with E-state index in [0.29, 0.717) is 34.6 Å². The van der Waals surface area contributed by atoms with Crippen LogP contribution in [0.2, 0.25) is 0 Å². The normalized spacial score (nSPS) is 17.3. The van der Waals surface area contributed by atoms with Gasteiger partial charge in [0.25, 0.3) is 5.56 Å². The fraction of sp³-hybridized carbons (Fsp3) is 0.316. The predicted octanol–water partition coefficient (Wildman–Crippen LogP) is 1.66. The molecule has 0 unspecified atom stereocenters. The highest BCUT2D eigenvalue weighted by Crippen LogP contribution is 2.34. The van der Waals surface area contributed by atoms with E-state index in [1.807, 2.05) is 4.90 Å². The van der Waals surface area contributed by atoms with Gasteiger partial charge in [-0.3, -0.25) is 9.36 Å². The smallest absolute Gasteiger partial charge is 0.278 e. The van der Waals surface area contributed by atoms with Gasteiger partial charge in [-0.05, 0) is 37.1 Å². The summed E-state index contributed by atoms with van der Waals surface area (Å²) in [6, 6.07) is 8.05. The molecule has 3 aromatic rings. The van der Waals surface area contributed by atoms with Crippen LogP contribution >= 0.6 is 0 Å². The fourth-order valence-electron chi connectivity index (χ4n) is 3.68. The van der Waals surface area contributed by atoms with Crippen molar-refractivity contribution in [2.75, 3.05) is 18.0 Å². The highest BCUT2D eigenvalue weighted by Gasteiger charge is 2.28. The minimum absolute atomic E-state index is 0.0132. The monoisotopic (exact) mass is 366 g/mol. The average Bonchev–Trinajstić information content (AvgIpc) is 3.00. The van der Waals surface area contributed by atoms with Crippen molar-refractivity contribution < 1.29 is 4.39 Å². The highest BCUT2D eigenvalue weighted by molar-refractivity contribution is 5.91. The molecule has 3 heterocycles. The molecular formula is C19H19FN6O. The third-order valence-corrected chi connectivity index (χ3v) is 4.96. The maximum absolute atomic E-state index is 13.5. The lowest BCUT2D eigenvalue weighted by molar-refractivity contribution is 0.501. The summed E-state index contributed by atoms with van der Waals surface area (Å²) in [5.74, 6) is 0.216. The maximum Gasteiger partial charge on any atom is 0.278 e. The van der Waals surface area contributed by atoms with Crippen LogP contribution < -0.4 is 16.2 Å². The SMILES string of the molecule is Cn1cnc2c(C#N)c(N3CCC[C@H](N)C3)n(-c3ccc(F)cc3)c2c1=O. The van der Waals surface area contributed by atoms with Gasteiger partial charge >= 0.3 is 0 Å². The molecular weight excluding hydrogens is 347 g/mol. The second-order valence-electron chi connectivity index (χ2n) is 6.83. The van der Waals surface area contributed by atoms with Crippen LogP contribution in [0.5, 0.6) is 0 Å². The van der Waals surface area contributed by atoms with Gasteiger partial charge in [0.05, 0.1) is 6.33 Å². The molecule has 27 heavy (non-hydrogen) atoms. The summed E-state index contributed by atoms with van der Waals surface area (Å²) in [5, 5.41) is 9.85. The van der Waals surface area contributed by atoms with Crippen LogP contribution in [0.4, 0.5) is 10.2 Å². The Morgan fingerprint density at radius 1 is 1.33 bits per heavy atom. The van der Waals surface area contributed by atoms with Crippen molar-refractivity contribution in [2.45, 2.75) is 18.9 Å². The standard InChI is InChI=1S/C19H19FN6O/c1-24-11-23-16-15(9-21)18(25-8-2-3-13(22)10-25)26(17(16)19(24)27)14-6-4-12(20)5-7-14/h4-7,11,13H,2-3,8,10,22H2,1H3/t13-/m0/s1. The van der Waals surface area contributed by atoms with Crippen molar-refractivity contribution in [2.24, 2.45) is 12.8 Å². The van der Waals surface area contributed by atoms with Crippen LogP contribution in [-0.2, 0) is 7.05 Å². The topological polar surface area (TPSA) is 92.9 Å². The summed E-state index contributed by atoms with van der Waals surface area (Å²) in [6.45, 7) is 1.30. The first-order valence-corrected chi connectivity index (χ1v) is 8.78. The molecule has 0 radical (unpaired) electrons. The molecule has 0 spiro atoms. The lowest BCUT2D eigenvalue weighted by atomic mass is 10.1. The van der Waals surface area contributed by atoms with Gasteiger partial charge in [-0.15, -0.1) is 0 Å². The predicted molar refractivity (Wildman–Crippen MR) is 100 cm³/mol. The Kier molecular flexibility index (Phi) is 4.16. The number of halogens is 1. The Morgan fingerprint density at radius 3 is 2.74 bits per heavy atom. The van der Waals surface area contributed by atoms with Crippen molar-refractivity contribution in [3.8, 4) is 11.8 Å². The molecule has 1 aromatic carbocycles. The Morgan fingerprint density at radius 2 is 2.07 bits per heavy atom. The number of hydrogen-bond donors (Lipinski definition) is 1. The molecule has 138 valence electrons. The Labute approximate surface area is 155 Å². The van der Waals surface area contributed by atoms with Crippen LogP contribution in [0.15, 0.2) is 35.4 Å². The van der Waals surface area contributed by atoms with E-state index in [9.17, 15) is 14.4 Å². The molecule has 0 amide bonds. The zero-order valence-electron chi connectivity index (χ0n) is 14.9. The lowest BCUT2D eigenvalue weighted by Gasteiger charge is -2.33. The molecule has 2 aromatic heterocycles. The molecule has 8 heteroatoms. The number of piperidine rings is 1. The van der Waals surface area contributed by atoms with Crippen LogP contribution in [0.3, 0.4) is 0 Å².